The van der Waals surface area contributed by atoms with Crippen LogP contribution < -0.4 is 10.1 Å². The maximum Gasteiger partial charge on any atom is 0.118 e. The van der Waals surface area contributed by atoms with Gasteiger partial charge in [0.15, 0.2) is 0 Å². The molecule has 0 aliphatic rings. The van der Waals surface area contributed by atoms with Crippen molar-refractivity contribution >= 4 is 11.6 Å². The fourth-order valence-corrected chi connectivity index (χ4v) is 2.25. The van der Waals surface area contributed by atoms with E-state index in [2.05, 4.69) is 24.4 Å². The Kier molecular flexibility index (Phi) is 4.83. The van der Waals surface area contributed by atoms with Crippen LogP contribution in [0.2, 0.25) is 5.02 Å². The number of ether oxygens (including phenoxy) is 1. The van der Waals surface area contributed by atoms with E-state index >= 15 is 0 Å². The van der Waals surface area contributed by atoms with Gasteiger partial charge < -0.3 is 10.1 Å². The van der Waals surface area contributed by atoms with Gasteiger partial charge in [-0.2, -0.15) is 0 Å². The summed E-state index contributed by atoms with van der Waals surface area (Å²) in [7, 11) is 1.67. The third kappa shape index (κ3) is 3.72. The summed E-state index contributed by atoms with van der Waals surface area (Å²) >= 11 is 6.18. The Morgan fingerprint density at radius 2 is 1.79 bits per heavy atom. The number of nitrogens with one attached hydrogen (secondary N) is 1. The molecule has 3 heteroatoms. The van der Waals surface area contributed by atoms with Crippen LogP contribution in [0.1, 0.15) is 24.1 Å². The van der Waals surface area contributed by atoms with Crippen LogP contribution in [0.5, 0.6) is 5.75 Å². The molecule has 19 heavy (non-hydrogen) atoms. The van der Waals surface area contributed by atoms with Crippen LogP contribution in [0.15, 0.2) is 48.5 Å². The Labute approximate surface area is 119 Å². The smallest absolute Gasteiger partial charge is 0.118 e. The van der Waals surface area contributed by atoms with Crippen molar-refractivity contribution in [3.63, 3.8) is 0 Å². The first-order chi connectivity index (χ1) is 9.20. The van der Waals surface area contributed by atoms with E-state index in [4.69, 9.17) is 16.3 Å². The van der Waals surface area contributed by atoms with Gasteiger partial charge in [0, 0.05) is 17.6 Å². The van der Waals surface area contributed by atoms with Gasteiger partial charge >= 0.3 is 0 Å². The van der Waals surface area contributed by atoms with E-state index in [0.29, 0.717) is 0 Å². The van der Waals surface area contributed by atoms with Gasteiger partial charge in [-0.25, -0.2) is 0 Å². The quantitative estimate of drug-likeness (QED) is 0.883. The van der Waals surface area contributed by atoms with Crippen molar-refractivity contribution in [3.05, 3.63) is 64.7 Å². The lowest BCUT2D eigenvalue weighted by Crippen LogP contribution is -2.18. The van der Waals surface area contributed by atoms with Crippen LogP contribution in [-0.4, -0.2) is 7.11 Å². The summed E-state index contributed by atoms with van der Waals surface area (Å²) in [5.74, 6) is 0.878. The molecule has 0 unspecified atom stereocenters. The fraction of sp³-hybridized carbons (Fsp3) is 0.250. The first-order valence-corrected chi connectivity index (χ1v) is 6.69. The molecule has 0 heterocycles. The minimum atomic E-state index is 0.218. The summed E-state index contributed by atoms with van der Waals surface area (Å²) < 4.78 is 5.14. The third-order valence-corrected chi connectivity index (χ3v) is 3.49. The minimum Gasteiger partial charge on any atom is -0.497 e. The van der Waals surface area contributed by atoms with E-state index in [1.54, 1.807) is 7.11 Å². The molecule has 100 valence electrons. The molecule has 0 saturated heterocycles. The van der Waals surface area contributed by atoms with Crippen LogP contribution in [-0.2, 0) is 6.54 Å². The number of halogens is 1. The van der Waals surface area contributed by atoms with Gasteiger partial charge in [0.25, 0.3) is 0 Å². The van der Waals surface area contributed by atoms with Crippen LogP contribution >= 0.6 is 11.6 Å². The Morgan fingerprint density at radius 1 is 1.11 bits per heavy atom. The normalized spacial score (nSPS) is 12.2. The number of hydrogen-bond donors (Lipinski definition) is 1. The highest BCUT2D eigenvalue weighted by Gasteiger charge is 2.08. The Hall–Kier alpha value is -1.51. The second-order valence-electron chi connectivity index (χ2n) is 4.47. The maximum atomic E-state index is 6.18. The molecule has 0 amide bonds. The van der Waals surface area contributed by atoms with Crippen LogP contribution in [0.3, 0.4) is 0 Å². The molecular weight excluding hydrogens is 258 g/mol. The molecule has 1 N–H and O–H groups in total. The molecule has 1 atom stereocenters. The average Bonchev–Trinajstić information content (AvgIpc) is 2.46. The van der Waals surface area contributed by atoms with Crippen LogP contribution in [0.25, 0.3) is 0 Å². The molecule has 0 aliphatic carbocycles. The van der Waals surface area contributed by atoms with Crippen molar-refractivity contribution in [1.82, 2.24) is 5.32 Å². The van der Waals surface area contributed by atoms with E-state index in [-0.39, 0.29) is 6.04 Å². The molecule has 0 radical (unpaired) electrons. The van der Waals surface area contributed by atoms with Gasteiger partial charge in [0.05, 0.1) is 7.11 Å². The fourth-order valence-electron chi connectivity index (χ4n) is 1.95. The number of benzene rings is 2. The molecular formula is C16H18ClNO. The van der Waals surface area contributed by atoms with Gasteiger partial charge in [0.1, 0.15) is 5.75 Å². The summed E-state index contributed by atoms with van der Waals surface area (Å²) in [6.07, 6.45) is 0. The molecule has 2 nitrogen and oxygen atoms in total. The second-order valence-corrected chi connectivity index (χ2v) is 4.88. The number of methoxy groups -OCH3 is 1. The highest BCUT2D eigenvalue weighted by atomic mass is 35.5. The molecule has 0 saturated carbocycles. The highest BCUT2D eigenvalue weighted by molar-refractivity contribution is 6.31. The monoisotopic (exact) mass is 275 g/mol. The van der Waals surface area contributed by atoms with Crippen LogP contribution in [0, 0.1) is 0 Å². The number of hydrogen-bond acceptors (Lipinski definition) is 2. The SMILES string of the molecule is COc1ccc(CN[C@H](C)c2ccccc2Cl)cc1. The summed E-state index contributed by atoms with van der Waals surface area (Å²) in [5.41, 5.74) is 2.34. The van der Waals surface area contributed by atoms with E-state index in [1.165, 1.54) is 5.56 Å². The van der Waals surface area contributed by atoms with E-state index < -0.39 is 0 Å². The van der Waals surface area contributed by atoms with Crippen molar-refractivity contribution in [2.75, 3.05) is 7.11 Å². The molecule has 0 spiro atoms. The van der Waals surface area contributed by atoms with Crippen LogP contribution in [0.4, 0.5) is 0 Å². The molecule has 0 fully saturated rings. The predicted molar refractivity (Wildman–Crippen MR) is 79.7 cm³/mol. The summed E-state index contributed by atoms with van der Waals surface area (Å²) in [5, 5.41) is 4.27. The zero-order valence-corrected chi connectivity index (χ0v) is 11.9. The van der Waals surface area contributed by atoms with Gasteiger partial charge in [-0.05, 0) is 36.2 Å². The van der Waals surface area contributed by atoms with E-state index in [9.17, 15) is 0 Å². The lowest BCUT2D eigenvalue weighted by Gasteiger charge is -2.15. The zero-order valence-electron chi connectivity index (χ0n) is 11.2. The predicted octanol–water partition coefficient (Wildman–Crippen LogP) is 4.20. The summed E-state index contributed by atoms with van der Waals surface area (Å²) in [6.45, 7) is 2.92. The first-order valence-electron chi connectivity index (χ1n) is 6.31. The zero-order chi connectivity index (χ0) is 13.7. The first kappa shape index (κ1) is 13.9. The average molecular weight is 276 g/mol. The molecule has 0 aromatic heterocycles. The minimum absolute atomic E-state index is 0.218. The number of rotatable bonds is 5. The second kappa shape index (κ2) is 6.60. The Balaban J connectivity index is 1.96. The van der Waals surface area contributed by atoms with Crippen molar-refractivity contribution < 1.29 is 4.74 Å². The lowest BCUT2D eigenvalue weighted by molar-refractivity contribution is 0.414. The summed E-state index contributed by atoms with van der Waals surface area (Å²) in [6, 6.07) is 16.2. The van der Waals surface area contributed by atoms with Crippen molar-refractivity contribution in [3.8, 4) is 5.75 Å². The Bertz CT molecular complexity index is 525. The molecule has 2 rings (SSSR count). The lowest BCUT2D eigenvalue weighted by atomic mass is 10.1. The standard InChI is InChI=1S/C16H18ClNO/c1-12(15-5-3-4-6-16(15)17)18-11-13-7-9-14(19-2)10-8-13/h3-10,12,18H,11H2,1-2H3/t12-/m1/s1. The van der Waals surface area contributed by atoms with E-state index in [1.807, 2.05) is 36.4 Å². The Morgan fingerprint density at radius 3 is 2.42 bits per heavy atom. The molecule has 0 bridgehead atoms. The van der Waals surface area contributed by atoms with E-state index in [0.717, 1.165) is 22.9 Å². The van der Waals surface area contributed by atoms with Gasteiger partial charge in [-0.3, -0.25) is 0 Å². The molecule has 2 aromatic rings. The van der Waals surface area contributed by atoms with Crippen molar-refractivity contribution in [2.24, 2.45) is 0 Å². The van der Waals surface area contributed by atoms with Gasteiger partial charge in [-0.15, -0.1) is 0 Å². The molecule has 2 aromatic carbocycles. The van der Waals surface area contributed by atoms with Crippen molar-refractivity contribution in [2.45, 2.75) is 19.5 Å². The van der Waals surface area contributed by atoms with Crippen molar-refractivity contribution in [1.29, 1.82) is 0 Å². The molecule has 0 aliphatic heterocycles. The third-order valence-electron chi connectivity index (χ3n) is 3.14. The largest absolute Gasteiger partial charge is 0.497 e. The highest BCUT2D eigenvalue weighted by Crippen LogP contribution is 2.22. The topological polar surface area (TPSA) is 21.3 Å². The summed E-state index contributed by atoms with van der Waals surface area (Å²) in [4.78, 5) is 0. The van der Waals surface area contributed by atoms with Gasteiger partial charge in [0.2, 0.25) is 0 Å². The van der Waals surface area contributed by atoms with Gasteiger partial charge in [-0.1, -0.05) is 41.9 Å². The maximum absolute atomic E-state index is 6.18.